The third-order valence-electron chi connectivity index (χ3n) is 2.58. The van der Waals surface area contributed by atoms with Crippen molar-refractivity contribution in [3.05, 3.63) is 23.9 Å². The first-order valence-electron chi connectivity index (χ1n) is 4.68. The number of pyridine rings is 1. The molecule has 1 aliphatic rings. The zero-order valence-electron chi connectivity index (χ0n) is 8.17. The fourth-order valence-electron chi connectivity index (χ4n) is 1.43. The first-order chi connectivity index (χ1) is 7.48. The number of nitrogens with zero attached hydrogens (tertiary/aromatic N) is 2. The highest BCUT2D eigenvalue weighted by Gasteiger charge is 2.63. The lowest BCUT2D eigenvalue weighted by atomic mass is 10.2. The maximum Gasteiger partial charge on any atom is 0.411 e. The molecule has 1 aromatic heterocycles. The van der Waals surface area contributed by atoms with Gasteiger partial charge in [0.05, 0.1) is 5.56 Å². The Morgan fingerprint density at radius 2 is 2.12 bits per heavy atom. The summed E-state index contributed by atoms with van der Waals surface area (Å²) < 4.78 is 37.9. The summed E-state index contributed by atoms with van der Waals surface area (Å²) in [4.78, 5) is 3.75. The van der Waals surface area contributed by atoms with Gasteiger partial charge in [-0.3, -0.25) is 0 Å². The Kier molecular flexibility index (Phi) is 2.26. The Labute approximate surface area is 89.9 Å². The molecule has 0 spiro atoms. The molecular formula is C10H8F3N3. The van der Waals surface area contributed by atoms with E-state index in [1.54, 1.807) is 6.07 Å². The lowest BCUT2D eigenvalue weighted by Gasteiger charge is -2.21. The van der Waals surface area contributed by atoms with E-state index >= 15 is 0 Å². The molecule has 0 radical (unpaired) electrons. The fraction of sp³-hybridized carbons (Fsp3) is 0.400. The molecule has 1 aliphatic carbocycles. The number of anilines is 1. The van der Waals surface area contributed by atoms with Gasteiger partial charge in [0.25, 0.3) is 0 Å². The quantitative estimate of drug-likeness (QED) is 0.844. The van der Waals surface area contributed by atoms with E-state index in [0.29, 0.717) is 0 Å². The molecule has 0 saturated heterocycles. The van der Waals surface area contributed by atoms with Gasteiger partial charge < -0.3 is 5.32 Å². The lowest BCUT2D eigenvalue weighted by molar-refractivity contribution is -0.151. The minimum absolute atomic E-state index is 0.000162. The van der Waals surface area contributed by atoms with Crippen LogP contribution in [0.2, 0.25) is 0 Å². The Bertz CT molecular complexity index is 443. The van der Waals surface area contributed by atoms with Crippen LogP contribution < -0.4 is 5.32 Å². The van der Waals surface area contributed by atoms with Gasteiger partial charge in [-0.25, -0.2) is 4.98 Å². The summed E-state index contributed by atoms with van der Waals surface area (Å²) >= 11 is 0. The van der Waals surface area contributed by atoms with Crippen molar-refractivity contribution < 1.29 is 13.2 Å². The molecular weight excluding hydrogens is 219 g/mol. The number of aromatic nitrogens is 1. The van der Waals surface area contributed by atoms with Crippen molar-refractivity contribution in [2.24, 2.45) is 0 Å². The number of nitriles is 1. The van der Waals surface area contributed by atoms with E-state index in [-0.39, 0.29) is 24.2 Å². The van der Waals surface area contributed by atoms with Gasteiger partial charge in [0.15, 0.2) is 0 Å². The Balaban J connectivity index is 2.26. The van der Waals surface area contributed by atoms with Crippen LogP contribution in [-0.2, 0) is 0 Å². The maximum atomic E-state index is 12.6. The number of alkyl halides is 3. The van der Waals surface area contributed by atoms with Gasteiger partial charge in [0.1, 0.15) is 17.4 Å². The molecule has 2 rings (SSSR count). The summed E-state index contributed by atoms with van der Waals surface area (Å²) in [5, 5.41) is 11.1. The standard InChI is InChI=1S/C10H8F3N3/c11-10(12,13)9(3-4-9)16-8-7(6-14)2-1-5-15-8/h1-2,5H,3-4H2,(H,15,16). The summed E-state index contributed by atoms with van der Waals surface area (Å²) in [5.74, 6) is -0.000162. The third kappa shape index (κ3) is 1.69. The molecule has 0 atom stereocenters. The van der Waals surface area contributed by atoms with Crippen LogP contribution in [0.4, 0.5) is 19.0 Å². The van der Waals surface area contributed by atoms with Crippen LogP contribution in [0.25, 0.3) is 0 Å². The molecule has 1 fully saturated rings. The molecule has 1 saturated carbocycles. The molecule has 0 aliphatic heterocycles. The molecule has 84 valence electrons. The van der Waals surface area contributed by atoms with E-state index < -0.39 is 11.7 Å². The lowest BCUT2D eigenvalue weighted by Crippen LogP contribution is -2.39. The molecule has 0 unspecified atom stereocenters. The number of rotatable bonds is 2. The van der Waals surface area contributed by atoms with Gasteiger partial charge in [-0.2, -0.15) is 18.4 Å². The summed E-state index contributed by atoms with van der Waals surface area (Å²) in [5.41, 5.74) is -1.76. The Morgan fingerprint density at radius 1 is 1.44 bits per heavy atom. The van der Waals surface area contributed by atoms with E-state index in [0.717, 1.165) is 0 Å². The van der Waals surface area contributed by atoms with Crippen LogP contribution in [-0.4, -0.2) is 16.7 Å². The summed E-state index contributed by atoms with van der Waals surface area (Å²) in [6, 6.07) is 4.75. The molecule has 3 nitrogen and oxygen atoms in total. The van der Waals surface area contributed by atoms with Gasteiger partial charge >= 0.3 is 6.18 Å². The van der Waals surface area contributed by atoms with Gasteiger partial charge in [0.2, 0.25) is 0 Å². The summed E-state index contributed by atoms with van der Waals surface area (Å²) in [6.45, 7) is 0. The SMILES string of the molecule is N#Cc1cccnc1NC1(C(F)(F)F)CC1. The van der Waals surface area contributed by atoms with Crippen molar-refractivity contribution in [3.8, 4) is 6.07 Å². The van der Waals surface area contributed by atoms with Gasteiger partial charge in [-0.1, -0.05) is 0 Å². The summed E-state index contributed by atoms with van der Waals surface area (Å²) in [7, 11) is 0. The van der Waals surface area contributed by atoms with Gasteiger partial charge in [0, 0.05) is 6.20 Å². The molecule has 0 aromatic carbocycles. The minimum atomic E-state index is -4.31. The molecule has 0 amide bonds. The first-order valence-corrected chi connectivity index (χ1v) is 4.68. The van der Waals surface area contributed by atoms with Crippen molar-refractivity contribution in [1.82, 2.24) is 4.98 Å². The second kappa shape index (κ2) is 3.37. The van der Waals surface area contributed by atoms with E-state index in [1.807, 2.05) is 0 Å². The predicted molar refractivity (Wildman–Crippen MR) is 50.6 cm³/mol. The highest BCUT2D eigenvalue weighted by Crippen LogP contribution is 2.51. The van der Waals surface area contributed by atoms with Crippen LogP contribution in [0, 0.1) is 11.3 Å². The predicted octanol–water partition coefficient (Wildman–Crippen LogP) is 2.46. The normalized spacial score (nSPS) is 17.6. The van der Waals surface area contributed by atoms with Crippen molar-refractivity contribution in [2.45, 2.75) is 24.6 Å². The van der Waals surface area contributed by atoms with Crippen LogP contribution in [0.15, 0.2) is 18.3 Å². The molecule has 1 heterocycles. The molecule has 16 heavy (non-hydrogen) atoms. The fourth-order valence-corrected chi connectivity index (χ4v) is 1.43. The largest absolute Gasteiger partial charge is 0.411 e. The van der Waals surface area contributed by atoms with E-state index in [1.165, 1.54) is 18.3 Å². The van der Waals surface area contributed by atoms with E-state index in [4.69, 9.17) is 5.26 Å². The first kappa shape index (κ1) is 10.7. The average molecular weight is 227 g/mol. The van der Waals surface area contributed by atoms with E-state index in [9.17, 15) is 13.2 Å². The van der Waals surface area contributed by atoms with Crippen LogP contribution in [0.3, 0.4) is 0 Å². The smallest absolute Gasteiger partial charge is 0.355 e. The van der Waals surface area contributed by atoms with Crippen molar-refractivity contribution in [1.29, 1.82) is 5.26 Å². The van der Waals surface area contributed by atoms with Crippen LogP contribution >= 0.6 is 0 Å². The maximum absolute atomic E-state index is 12.6. The Hall–Kier alpha value is -1.77. The monoisotopic (exact) mass is 227 g/mol. The zero-order chi connectivity index (χ0) is 11.8. The average Bonchev–Trinajstić information content (AvgIpc) is 2.99. The van der Waals surface area contributed by atoms with Crippen molar-refractivity contribution in [2.75, 3.05) is 5.32 Å². The Morgan fingerprint density at radius 3 is 2.62 bits per heavy atom. The van der Waals surface area contributed by atoms with Crippen molar-refractivity contribution >= 4 is 5.82 Å². The minimum Gasteiger partial charge on any atom is -0.355 e. The zero-order valence-corrected chi connectivity index (χ0v) is 8.17. The van der Waals surface area contributed by atoms with Gasteiger partial charge in [-0.05, 0) is 25.0 Å². The van der Waals surface area contributed by atoms with Gasteiger partial charge in [-0.15, -0.1) is 0 Å². The third-order valence-corrected chi connectivity index (χ3v) is 2.58. The summed E-state index contributed by atoms with van der Waals surface area (Å²) in [6.07, 6.45) is -2.90. The molecule has 6 heteroatoms. The molecule has 1 N–H and O–H groups in total. The highest BCUT2D eigenvalue weighted by molar-refractivity contribution is 5.54. The molecule has 1 aromatic rings. The number of hydrogen-bond donors (Lipinski definition) is 1. The van der Waals surface area contributed by atoms with Crippen molar-refractivity contribution in [3.63, 3.8) is 0 Å². The van der Waals surface area contributed by atoms with E-state index in [2.05, 4.69) is 10.3 Å². The van der Waals surface area contributed by atoms with Crippen LogP contribution in [0.1, 0.15) is 18.4 Å². The molecule has 0 bridgehead atoms. The second-order valence-corrected chi connectivity index (χ2v) is 3.72. The second-order valence-electron chi connectivity index (χ2n) is 3.72. The number of nitrogens with one attached hydrogen (secondary N) is 1. The highest BCUT2D eigenvalue weighted by atomic mass is 19.4. The number of halogens is 3. The number of hydrogen-bond acceptors (Lipinski definition) is 3. The topological polar surface area (TPSA) is 48.7 Å². The van der Waals surface area contributed by atoms with Crippen LogP contribution in [0.5, 0.6) is 0 Å².